The molecule has 0 radical (unpaired) electrons. The van der Waals surface area contributed by atoms with Crippen LogP contribution in [0, 0.1) is 18.7 Å². The van der Waals surface area contributed by atoms with Gasteiger partial charge in [0.05, 0.1) is 18.5 Å². The molecule has 3 atom stereocenters. The van der Waals surface area contributed by atoms with E-state index in [2.05, 4.69) is 27.0 Å². The van der Waals surface area contributed by atoms with Gasteiger partial charge in [-0.25, -0.2) is 14.4 Å². The van der Waals surface area contributed by atoms with Gasteiger partial charge in [0.25, 0.3) is 0 Å². The van der Waals surface area contributed by atoms with Gasteiger partial charge in [-0.1, -0.05) is 22.9 Å². The van der Waals surface area contributed by atoms with Crippen LogP contribution in [0.5, 0.6) is 5.75 Å². The molecular formula is C27H36FN7O3. The summed E-state index contributed by atoms with van der Waals surface area (Å²) in [6, 6.07) is 5.39. The van der Waals surface area contributed by atoms with Gasteiger partial charge in [-0.3, -0.25) is 0 Å². The number of rotatable bonds is 7. The highest BCUT2D eigenvalue weighted by Gasteiger charge is 2.34. The fourth-order valence-electron chi connectivity index (χ4n) is 5.27. The second-order valence-electron chi connectivity index (χ2n) is 11.0. The Morgan fingerprint density at radius 2 is 1.87 bits per heavy atom. The zero-order chi connectivity index (χ0) is 27.0. The molecule has 0 bridgehead atoms. The summed E-state index contributed by atoms with van der Waals surface area (Å²) in [5, 5.41) is 14.0. The molecule has 0 saturated carbocycles. The lowest BCUT2D eigenvalue weighted by Crippen LogP contribution is -2.39. The summed E-state index contributed by atoms with van der Waals surface area (Å²) in [6.45, 7) is 9.93. The lowest BCUT2D eigenvalue weighted by molar-refractivity contribution is 0.0661. The average molecular weight is 526 g/mol. The van der Waals surface area contributed by atoms with Crippen LogP contribution in [-0.4, -0.2) is 63.5 Å². The summed E-state index contributed by atoms with van der Waals surface area (Å²) >= 11 is 0. The van der Waals surface area contributed by atoms with Crippen molar-refractivity contribution >= 4 is 12.0 Å². The van der Waals surface area contributed by atoms with Crippen LogP contribution in [0.4, 0.5) is 16.4 Å². The lowest BCUT2D eigenvalue weighted by Gasteiger charge is -2.33. The highest BCUT2D eigenvalue weighted by atomic mass is 19.1. The van der Waals surface area contributed by atoms with Crippen molar-refractivity contribution in [1.29, 1.82) is 0 Å². The molecule has 11 heteroatoms. The van der Waals surface area contributed by atoms with Crippen LogP contribution >= 0.6 is 0 Å². The number of benzene rings is 1. The predicted octanol–water partition coefficient (Wildman–Crippen LogP) is 3.15. The number of piperidine rings is 1. The van der Waals surface area contributed by atoms with Crippen LogP contribution in [-0.2, 0) is 5.60 Å². The summed E-state index contributed by atoms with van der Waals surface area (Å²) in [5.41, 5.74) is 6.91. The van der Waals surface area contributed by atoms with E-state index in [1.165, 1.54) is 6.07 Å². The number of aryl methyl sites for hydroxylation is 1. The van der Waals surface area contributed by atoms with Crippen molar-refractivity contribution in [3.63, 3.8) is 0 Å². The molecule has 2 aliphatic heterocycles. The molecule has 5 rings (SSSR count). The third-order valence-electron chi connectivity index (χ3n) is 7.57. The Bertz CT molecular complexity index is 1240. The molecular weight excluding hydrogens is 489 g/mol. The molecule has 38 heavy (non-hydrogen) atoms. The first-order valence-corrected chi connectivity index (χ1v) is 13.2. The van der Waals surface area contributed by atoms with Gasteiger partial charge in [-0.15, -0.1) is 0 Å². The van der Waals surface area contributed by atoms with Crippen LogP contribution in [0.25, 0.3) is 0 Å². The standard InChI is InChI=1S/C27H36FN7O3/c1-16-5-6-22(28)20(11-16)21-14-35(15-23(21)29)25-30-12-19(13-31-25)37-17(2)18-7-9-34(10-8-18)26-32-24(33-38-26)27(3,4)36/h5-6,11-13,17-18,21,23,36H,7-10,14-15,29H2,1-4H3/t17-,21+,23-/m0/s1. The van der Waals surface area contributed by atoms with Gasteiger partial charge in [0.15, 0.2) is 5.75 Å². The lowest BCUT2D eigenvalue weighted by atomic mass is 9.92. The monoisotopic (exact) mass is 525 g/mol. The minimum atomic E-state index is -1.14. The van der Waals surface area contributed by atoms with Gasteiger partial charge < -0.3 is 29.9 Å². The van der Waals surface area contributed by atoms with E-state index in [0.717, 1.165) is 31.5 Å². The van der Waals surface area contributed by atoms with Crippen LogP contribution in [0.3, 0.4) is 0 Å². The second kappa shape index (κ2) is 10.5. The molecule has 3 N–H and O–H groups in total. The summed E-state index contributed by atoms with van der Waals surface area (Å²) < 4.78 is 26.0. The molecule has 2 fully saturated rings. The first-order chi connectivity index (χ1) is 18.1. The van der Waals surface area contributed by atoms with E-state index < -0.39 is 5.60 Å². The summed E-state index contributed by atoms with van der Waals surface area (Å²) in [7, 11) is 0. The van der Waals surface area contributed by atoms with Crippen LogP contribution in [0.1, 0.15) is 56.5 Å². The van der Waals surface area contributed by atoms with Crippen molar-refractivity contribution < 1.29 is 18.8 Å². The van der Waals surface area contributed by atoms with E-state index in [0.29, 0.717) is 42.3 Å². The average Bonchev–Trinajstić information content (AvgIpc) is 3.54. The van der Waals surface area contributed by atoms with Crippen LogP contribution in [0.15, 0.2) is 35.1 Å². The van der Waals surface area contributed by atoms with E-state index >= 15 is 0 Å². The maximum atomic E-state index is 14.5. The molecule has 0 aliphatic carbocycles. The first kappa shape index (κ1) is 26.3. The fourth-order valence-corrected chi connectivity index (χ4v) is 5.27. The quantitative estimate of drug-likeness (QED) is 0.475. The third kappa shape index (κ3) is 5.58. The number of aromatic nitrogens is 4. The molecule has 2 aliphatic rings. The Labute approximate surface area is 222 Å². The van der Waals surface area contributed by atoms with Gasteiger partial charge in [0.1, 0.15) is 11.4 Å². The number of nitrogens with two attached hydrogens (primary N) is 1. The molecule has 0 unspecified atom stereocenters. The topological polar surface area (TPSA) is 127 Å². The van der Waals surface area contributed by atoms with Crippen molar-refractivity contribution in [2.24, 2.45) is 11.7 Å². The fraction of sp³-hybridized carbons (Fsp3) is 0.556. The van der Waals surface area contributed by atoms with Crippen LogP contribution < -0.4 is 20.3 Å². The smallest absolute Gasteiger partial charge is 0.324 e. The normalized spacial score (nSPS) is 21.7. The molecule has 2 saturated heterocycles. The molecule has 3 aromatic rings. The predicted molar refractivity (Wildman–Crippen MR) is 141 cm³/mol. The second-order valence-corrected chi connectivity index (χ2v) is 11.0. The Kier molecular flexibility index (Phi) is 7.23. The minimum Gasteiger partial charge on any atom is -0.487 e. The number of ether oxygens (including phenoxy) is 1. The molecule has 0 spiro atoms. The van der Waals surface area contributed by atoms with E-state index in [-0.39, 0.29) is 29.7 Å². The molecule has 4 heterocycles. The molecule has 0 amide bonds. The summed E-state index contributed by atoms with van der Waals surface area (Å²) in [5.74, 6) is 1.47. The molecule has 10 nitrogen and oxygen atoms in total. The molecule has 1 aromatic carbocycles. The summed E-state index contributed by atoms with van der Waals surface area (Å²) in [4.78, 5) is 17.4. The van der Waals surface area contributed by atoms with Crippen molar-refractivity contribution in [2.45, 2.75) is 64.2 Å². The van der Waals surface area contributed by atoms with Gasteiger partial charge in [0, 0.05) is 38.1 Å². The van der Waals surface area contributed by atoms with Crippen LogP contribution in [0.2, 0.25) is 0 Å². The largest absolute Gasteiger partial charge is 0.487 e. The Hall–Kier alpha value is -3.31. The maximum Gasteiger partial charge on any atom is 0.324 e. The third-order valence-corrected chi connectivity index (χ3v) is 7.57. The van der Waals surface area contributed by atoms with E-state index in [1.807, 2.05) is 22.8 Å². The summed E-state index contributed by atoms with van der Waals surface area (Å²) in [6.07, 6.45) is 5.18. The van der Waals surface area contributed by atoms with Gasteiger partial charge in [-0.2, -0.15) is 4.98 Å². The number of aliphatic hydroxyl groups is 1. The number of hydrogen-bond acceptors (Lipinski definition) is 10. The number of halogens is 1. The number of hydrogen-bond donors (Lipinski definition) is 2. The van der Waals surface area contributed by atoms with Gasteiger partial charge >= 0.3 is 6.01 Å². The van der Waals surface area contributed by atoms with Crippen molar-refractivity contribution in [3.8, 4) is 5.75 Å². The Balaban J connectivity index is 1.14. The number of nitrogens with zero attached hydrogens (tertiary/aromatic N) is 6. The van der Waals surface area contributed by atoms with Crippen molar-refractivity contribution in [3.05, 3.63) is 53.4 Å². The zero-order valence-electron chi connectivity index (χ0n) is 22.3. The Morgan fingerprint density at radius 1 is 1.16 bits per heavy atom. The number of anilines is 2. The van der Waals surface area contributed by atoms with Gasteiger partial charge in [0.2, 0.25) is 11.8 Å². The van der Waals surface area contributed by atoms with Crippen molar-refractivity contribution in [2.75, 3.05) is 36.0 Å². The highest BCUT2D eigenvalue weighted by Crippen LogP contribution is 2.32. The van der Waals surface area contributed by atoms with E-state index in [1.54, 1.807) is 32.3 Å². The van der Waals surface area contributed by atoms with Gasteiger partial charge in [-0.05, 0) is 58.1 Å². The van der Waals surface area contributed by atoms with E-state index in [4.69, 9.17) is 15.0 Å². The van der Waals surface area contributed by atoms with E-state index in [9.17, 15) is 9.50 Å². The highest BCUT2D eigenvalue weighted by molar-refractivity contribution is 5.39. The minimum absolute atomic E-state index is 0.0184. The Morgan fingerprint density at radius 3 is 2.53 bits per heavy atom. The van der Waals surface area contributed by atoms with Crippen molar-refractivity contribution in [1.82, 2.24) is 20.1 Å². The molecule has 2 aromatic heterocycles. The first-order valence-electron chi connectivity index (χ1n) is 13.2. The zero-order valence-corrected chi connectivity index (χ0v) is 22.3. The maximum absolute atomic E-state index is 14.5. The SMILES string of the molecule is Cc1ccc(F)c([C@H]2CN(c3ncc(O[C@@H](C)C4CCN(c5nc(C(C)(C)O)no5)CC4)cn3)C[C@@H]2N)c1. The molecule has 204 valence electrons.